The van der Waals surface area contributed by atoms with E-state index in [2.05, 4.69) is 23.8 Å². The predicted molar refractivity (Wildman–Crippen MR) is 83.4 cm³/mol. The topological polar surface area (TPSA) is 81.3 Å². The third-order valence-corrected chi connectivity index (χ3v) is 3.46. The minimum atomic E-state index is -0.383. The summed E-state index contributed by atoms with van der Waals surface area (Å²) in [5.74, 6) is 0.662. The lowest BCUT2D eigenvalue weighted by molar-refractivity contribution is 0.0524. The fourth-order valence-electron chi connectivity index (χ4n) is 1.82. The molecule has 21 heavy (non-hydrogen) atoms. The van der Waals surface area contributed by atoms with Gasteiger partial charge in [-0.2, -0.15) is 0 Å². The van der Waals surface area contributed by atoms with Crippen LogP contribution in [0, 0.1) is 12.8 Å². The Morgan fingerprint density at radius 2 is 2.14 bits per heavy atom. The summed E-state index contributed by atoms with van der Waals surface area (Å²) in [7, 11) is 1.92. The number of aromatic nitrogens is 2. The van der Waals surface area contributed by atoms with Gasteiger partial charge in [-0.05, 0) is 26.2 Å². The smallest absolute Gasteiger partial charge is 0.341 e. The van der Waals surface area contributed by atoms with E-state index in [1.807, 2.05) is 11.9 Å². The number of carbonyl (C=O) groups is 1. The van der Waals surface area contributed by atoms with E-state index in [1.54, 1.807) is 13.8 Å². The molecule has 0 radical (unpaired) electrons. The van der Waals surface area contributed by atoms with E-state index in [0.717, 1.165) is 13.0 Å². The Bertz CT molecular complexity index is 477. The highest BCUT2D eigenvalue weighted by molar-refractivity contribution is 5.90. The number of anilines is 1. The maximum atomic E-state index is 11.7. The molecule has 6 heteroatoms. The van der Waals surface area contributed by atoms with Gasteiger partial charge in [0.25, 0.3) is 0 Å². The number of nitrogens with zero attached hydrogens (tertiary/aromatic N) is 3. The van der Waals surface area contributed by atoms with E-state index < -0.39 is 0 Å². The first-order valence-corrected chi connectivity index (χ1v) is 7.34. The summed E-state index contributed by atoms with van der Waals surface area (Å²) in [5, 5.41) is 0. The molecule has 0 saturated heterocycles. The minimum Gasteiger partial charge on any atom is -0.462 e. The van der Waals surface area contributed by atoms with Crippen LogP contribution in [0.5, 0.6) is 0 Å². The van der Waals surface area contributed by atoms with Gasteiger partial charge in [0.05, 0.1) is 17.9 Å². The van der Waals surface area contributed by atoms with Crippen molar-refractivity contribution in [3.05, 3.63) is 17.5 Å². The zero-order chi connectivity index (χ0) is 16.0. The van der Waals surface area contributed by atoms with Gasteiger partial charge in [-0.25, -0.2) is 14.8 Å². The summed E-state index contributed by atoms with van der Waals surface area (Å²) in [4.78, 5) is 22.3. The molecular formula is C15H26N4O2. The lowest BCUT2D eigenvalue weighted by Gasteiger charge is -2.21. The number of carbonyl (C=O) groups excluding carboxylic acids is 1. The van der Waals surface area contributed by atoms with Crippen LogP contribution in [0.4, 0.5) is 5.95 Å². The molecule has 0 aliphatic carbocycles. The van der Waals surface area contributed by atoms with Gasteiger partial charge in [0.2, 0.25) is 5.95 Å². The molecule has 1 heterocycles. The summed E-state index contributed by atoms with van der Waals surface area (Å²) in [6.45, 7) is 8.89. The van der Waals surface area contributed by atoms with E-state index in [9.17, 15) is 4.79 Å². The van der Waals surface area contributed by atoms with Crippen LogP contribution >= 0.6 is 0 Å². The molecule has 2 N–H and O–H groups in total. The third-order valence-electron chi connectivity index (χ3n) is 3.46. The Morgan fingerprint density at radius 1 is 1.48 bits per heavy atom. The maximum absolute atomic E-state index is 11.7. The predicted octanol–water partition coefficient (Wildman–Crippen LogP) is 1.77. The average Bonchev–Trinajstić information content (AvgIpc) is 2.44. The Morgan fingerprint density at radius 3 is 2.67 bits per heavy atom. The van der Waals surface area contributed by atoms with Crippen molar-refractivity contribution in [2.45, 2.75) is 40.2 Å². The quantitative estimate of drug-likeness (QED) is 0.772. The van der Waals surface area contributed by atoms with Crippen molar-refractivity contribution in [3.8, 4) is 0 Å². The van der Waals surface area contributed by atoms with Gasteiger partial charge in [-0.3, -0.25) is 0 Å². The fraction of sp³-hybridized carbons (Fsp3) is 0.667. The summed E-state index contributed by atoms with van der Waals surface area (Å²) < 4.78 is 4.97. The second-order valence-corrected chi connectivity index (χ2v) is 5.51. The standard InChI is InChI=1S/C15H26N4O2/c1-6-21-14(20)12-9-17-15(18-11(12)4)19(5)8-7-13(16)10(2)3/h9-10,13H,6-8,16H2,1-5H3. The molecule has 0 saturated carbocycles. The third kappa shape index (κ3) is 4.97. The first-order chi connectivity index (χ1) is 9.86. The van der Waals surface area contributed by atoms with Crippen molar-refractivity contribution in [1.82, 2.24) is 9.97 Å². The lowest BCUT2D eigenvalue weighted by atomic mass is 10.0. The molecule has 6 nitrogen and oxygen atoms in total. The van der Waals surface area contributed by atoms with Crippen LogP contribution < -0.4 is 10.6 Å². The zero-order valence-electron chi connectivity index (χ0n) is 13.6. The van der Waals surface area contributed by atoms with Crippen LogP contribution in [0.3, 0.4) is 0 Å². The SMILES string of the molecule is CCOC(=O)c1cnc(N(C)CCC(N)C(C)C)nc1C. The molecule has 0 bridgehead atoms. The highest BCUT2D eigenvalue weighted by atomic mass is 16.5. The van der Waals surface area contributed by atoms with Crippen molar-refractivity contribution in [1.29, 1.82) is 0 Å². The Labute approximate surface area is 126 Å². The van der Waals surface area contributed by atoms with Crippen molar-refractivity contribution >= 4 is 11.9 Å². The molecule has 1 aromatic heterocycles. The van der Waals surface area contributed by atoms with Crippen molar-refractivity contribution in [2.24, 2.45) is 11.7 Å². The van der Waals surface area contributed by atoms with Crippen LogP contribution in [0.25, 0.3) is 0 Å². The van der Waals surface area contributed by atoms with Crippen LogP contribution in [0.2, 0.25) is 0 Å². The van der Waals surface area contributed by atoms with Crippen molar-refractivity contribution in [3.63, 3.8) is 0 Å². The number of hydrogen-bond donors (Lipinski definition) is 1. The van der Waals surface area contributed by atoms with Gasteiger partial charge in [0, 0.05) is 25.8 Å². The minimum absolute atomic E-state index is 0.160. The van der Waals surface area contributed by atoms with Crippen LogP contribution in [-0.4, -0.2) is 42.2 Å². The molecule has 0 aromatic carbocycles. The molecule has 118 valence electrons. The van der Waals surface area contributed by atoms with E-state index in [-0.39, 0.29) is 12.0 Å². The number of ether oxygens (including phenoxy) is 1. The lowest BCUT2D eigenvalue weighted by Crippen LogP contribution is -2.32. The number of aryl methyl sites for hydroxylation is 1. The van der Waals surface area contributed by atoms with Gasteiger partial charge in [-0.15, -0.1) is 0 Å². The number of rotatable bonds is 7. The molecule has 0 fully saturated rings. The molecule has 0 aliphatic heterocycles. The maximum Gasteiger partial charge on any atom is 0.341 e. The molecule has 0 amide bonds. The Kier molecular flexibility index (Phi) is 6.55. The second kappa shape index (κ2) is 7.93. The molecule has 0 spiro atoms. The summed E-state index contributed by atoms with van der Waals surface area (Å²) in [6.07, 6.45) is 2.39. The first kappa shape index (κ1) is 17.4. The Balaban J connectivity index is 2.72. The van der Waals surface area contributed by atoms with Gasteiger partial charge >= 0.3 is 5.97 Å². The van der Waals surface area contributed by atoms with Gasteiger partial charge in [0.15, 0.2) is 0 Å². The molecule has 1 rings (SSSR count). The summed E-state index contributed by atoms with van der Waals surface area (Å²) in [6, 6.07) is 0.160. The molecule has 0 aliphatic rings. The zero-order valence-corrected chi connectivity index (χ0v) is 13.6. The van der Waals surface area contributed by atoms with Crippen molar-refractivity contribution < 1.29 is 9.53 Å². The van der Waals surface area contributed by atoms with Gasteiger partial charge in [0.1, 0.15) is 0 Å². The van der Waals surface area contributed by atoms with E-state index in [1.165, 1.54) is 6.20 Å². The van der Waals surface area contributed by atoms with Gasteiger partial charge < -0.3 is 15.4 Å². The van der Waals surface area contributed by atoms with Crippen LogP contribution in [0.1, 0.15) is 43.2 Å². The first-order valence-electron chi connectivity index (χ1n) is 7.34. The summed E-state index contributed by atoms with van der Waals surface area (Å²) in [5.41, 5.74) is 7.07. The van der Waals surface area contributed by atoms with Gasteiger partial charge in [-0.1, -0.05) is 13.8 Å². The molecule has 1 aromatic rings. The highest BCUT2D eigenvalue weighted by Crippen LogP contribution is 2.12. The monoisotopic (exact) mass is 294 g/mol. The molecule has 1 atom stereocenters. The number of nitrogens with two attached hydrogens (primary N) is 1. The van der Waals surface area contributed by atoms with E-state index >= 15 is 0 Å². The number of hydrogen-bond acceptors (Lipinski definition) is 6. The van der Waals surface area contributed by atoms with Crippen LogP contribution in [-0.2, 0) is 4.74 Å². The van der Waals surface area contributed by atoms with Crippen molar-refractivity contribution in [2.75, 3.05) is 25.1 Å². The fourth-order valence-corrected chi connectivity index (χ4v) is 1.82. The normalized spacial score (nSPS) is 12.3. The Hall–Kier alpha value is -1.69. The largest absolute Gasteiger partial charge is 0.462 e. The van der Waals surface area contributed by atoms with E-state index in [4.69, 9.17) is 10.5 Å². The molecule has 1 unspecified atom stereocenters. The molecular weight excluding hydrogens is 268 g/mol. The number of esters is 1. The second-order valence-electron chi connectivity index (χ2n) is 5.51. The summed E-state index contributed by atoms with van der Waals surface area (Å²) >= 11 is 0. The van der Waals surface area contributed by atoms with Crippen LogP contribution in [0.15, 0.2) is 6.20 Å². The highest BCUT2D eigenvalue weighted by Gasteiger charge is 2.15. The average molecular weight is 294 g/mol. The van der Waals surface area contributed by atoms with E-state index in [0.29, 0.717) is 29.7 Å².